The van der Waals surface area contributed by atoms with Gasteiger partial charge in [-0.3, -0.25) is 4.79 Å². The van der Waals surface area contributed by atoms with Crippen LogP contribution in [0.1, 0.15) is 26.7 Å². The Bertz CT molecular complexity index is 208. The van der Waals surface area contributed by atoms with E-state index >= 15 is 0 Å². The van der Waals surface area contributed by atoms with Crippen LogP contribution in [0.5, 0.6) is 0 Å². The van der Waals surface area contributed by atoms with E-state index in [4.69, 9.17) is 5.11 Å². The molecule has 0 aliphatic heterocycles. The fraction of sp³-hybridized carbons (Fsp3) is 0.667. The van der Waals surface area contributed by atoms with Gasteiger partial charge in [-0.15, -0.1) is 0 Å². The average Bonchev–Trinajstić information content (AvgIpc) is 1.82. The second kappa shape index (κ2) is 2.36. The largest absolute Gasteiger partial charge is 0.481 e. The Hall–Kier alpha value is -0.790. The van der Waals surface area contributed by atoms with E-state index in [-0.39, 0.29) is 5.92 Å². The van der Waals surface area contributed by atoms with Crippen molar-refractivity contribution in [1.29, 1.82) is 0 Å². The first kappa shape index (κ1) is 8.31. The van der Waals surface area contributed by atoms with E-state index in [1.807, 2.05) is 6.92 Å². The number of rotatable bonds is 2. The number of hydrogen-bond donors (Lipinski definition) is 1. The van der Waals surface area contributed by atoms with Crippen LogP contribution in [0.2, 0.25) is 0 Å². The van der Waals surface area contributed by atoms with Gasteiger partial charge in [-0.25, -0.2) is 0 Å². The van der Waals surface area contributed by atoms with Crippen molar-refractivity contribution >= 4 is 5.97 Å². The molecule has 2 atom stereocenters. The maximum atomic E-state index is 10.8. The summed E-state index contributed by atoms with van der Waals surface area (Å²) in [5.74, 6) is -0.489. The molecule has 0 unspecified atom stereocenters. The number of carboxylic acids is 1. The first-order valence-corrected chi connectivity index (χ1v) is 3.87. The topological polar surface area (TPSA) is 37.3 Å². The number of hydrogen-bond acceptors (Lipinski definition) is 1. The lowest BCUT2D eigenvalue weighted by Crippen LogP contribution is -2.44. The van der Waals surface area contributed by atoms with Crippen LogP contribution in [0.3, 0.4) is 0 Å². The van der Waals surface area contributed by atoms with Crippen molar-refractivity contribution in [2.24, 2.45) is 11.3 Å². The summed E-state index contributed by atoms with van der Waals surface area (Å²) in [5.41, 5.74) is 0.479. The fourth-order valence-corrected chi connectivity index (χ4v) is 1.77. The molecule has 2 nitrogen and oxygen atoms in total. The van der Waals surface area contributed by atoms with Crippen LogP contribution >= 0.6 is 0 Å². The fourth-order valence-electron chi connectivity index (χ4n) is 1.77. The molecule has 0 amide bonds. The zero-order valence-corrected chi connectivity index (χ0v) is 7.05. The summed E-state index contributed by atoms with van der Waals surface area (Å²) < 4.78 is 0. The highest BCUT2D eigenvalue weighted by Gasteiger charge is 2.48. The predicted molar refractivity (Wildman–Crippen MR) is 43.3 cm³/mol. The second-order valence-corrected chi connectivity index (χ2v) is 3.66. The summed E-state index contributed by atoms with van der Waals surface area (Å²) in [6.07, 6.45) is 1.78. The number of aliphatic carboxylic acids is 1. The summed E-state index contributed by atoms with van der Waals surface area (Å²) in [5, 5.41) is 8.87. The minimum atomic E-state index is -0.684. The lowest BCUT2D eigenvalue weighted by Gasteiger charge is -2.44. The van der Waals surface area contributed by atoms with Gasteiger partial charge in [0.25, 0.3) is 0 Å². The molecule has 0 aromatic carbocycles. The van der Waals surface area contributed by atoms with Crippen LogP contribution < -0.4 is 0 Å². The van der Waals surface area contributed by atoms with E-state index in [0.717, 1.165) is 18.4 Å². The summed E-state index contributed by atoms with van der Waals surface area (Å²) in [6.45, 7) is 7.50. The van der Waals surface area contributed by atoms with Gasteiger partial charge in [-0.2, -0.15) is 0 Å². The quantitative estimate of drug-likeness (QED) is 0.618. The number of carbonyl (C=O) groups is 1. The molecule has 1 N–H and O–H groups in total. The molecular weight excluding hydrogens is 140 g/mol. The molecule has 0 spiro atoms. The molecule has 2 heteroatoms. The molecular formula is C9H14O2. The van der Waals surface area contributed by atoms with E-state index in [2.05, 4.69) is 6.58 Å². The van der Waals surface area contributed by atoms with E-state index in [9.17, 15) is 4.79 Å². The molecule has 1 aliphatic carbocycles. The van der Waals surface area contributed by atoms with E-state index in [0.29, 0.717) is 0 Å². The Morgan fingerprint density at radius 1 is 1.73 bits per heavy atom. The third-order valence-electron chi connectivity index (χ3n) is 2.80. The summed E-state index contributed by atoms with van der Waals surface area (Å²) in [4.78, 5) is 10.8. The minimum Gasteiger partial charge on any atom is -0.481 e. The van der Waals surface area contributed by atoms with Gasteiger partial charge in [0.05, 0.1) is 5.41 Å². The third kappa shape index (κ3) is 1.06. The summed E-state index contributed by atoms with van der Waals surface area (Å²) in [7, 11) is 0. The molecule has 0 bridgehead atoms. The van der Waals surface area contributed by atoms with Crippen LogP contribution in [0.4, 0.5) is 0 Å². The Morgan fingerprint density at radius 3 is 2.36 bits per heavy atom. The van der Waals surface area contributed by atoms with Crippen molar-refractivity contribution in [2.45, 2.75) is 26.7 Å². The number of carboxylic acid groups (broad SMARTS) is 1. The second-order valence-electron chi connectivity index (χ2n) is 3.66. The normalized spacial score (nSPS) is 36.0. The molecule has 1 rings (SSSR count). The molecule has 0 heterocycles. The SMILES string of the molecule is C=C(C)[C@@H]1CC[C@@]1(C)C(=O)O. The van der Waals surface area contributed by atoms with E-state index in [1.54, 1.807) is 6.92 Å². The van der Waals surface area contributed by atoms with Crippen molar-refractivity contribution in [1.82, 2.24) is 0 Å². The molecule has 0 aromatic rings. The number of allylic oxidation sites excluding steroid dienone is 1. The average molecular weight is 154 g/mol. The van der Waals surface area contributed by atoms with Gasteiger partial charge < -0.3 is 5.11 Å². The highest BCUT2D eigenvalue weighted by molar-refractivity contribution is 5.76. The monoisotopic (exact) mass is 154 g/mol. The zero-order valence-electron chi connectivity index (χ0n) is 7.05. The smallest absolute Gasteiger partial charge is 0.309 e. The Kier molecular flexibility index (Phi) is 1.78. The van der Waals surface area contributed by atoms with Gasteiger partial charge in [0.1, 0.15) is 0 Å². The van der Waals surface area contributed by atoms with E-state index < -0.39 is 11.4 Å². The van der Waals surface area contributed by atoms with Crippen molar-refractivity contribution in [3.8, 4) is 0 Å². The molecule has 1 saturated carbocycles. The third-order valence-corrected chi connectivity index (χ3v) is 2.80. The highest BCUT2D eigenvalue weighted by atomic mass is 16.4. The highest BCUT2D eigenvalue weighted by Crippen LogP contribution is 2.49. The van der Waals surface area contributed by atoms with Crippen molar-refractivity contribution in [2.75, 3.05) is 0 Å². The lowest BCUT2D eigenvalue weighted by molar-refractivity contribution is -0.157. The Balaban J connectivity index is 2.75. The van der Waals surface area contributed by atoms with Gasteiger partial charge in [-0.05, 0) is 32.6 Å². The lowest BCUT2D eigenvalue weighted by atomic mass is 9.59. The van der Waals surface area contributed by atoms with Gasteiger partial charge in [0.15, 0.2) is 0 Å². The maximum Gasteiger partial charge on any atom is 0.309 e. The van der Waals surface area contributed by atoms with Crippen LogP contribution in [0.25, 0.3) is 0 Å². The van der Waals surface area contributed by atoms with Crippen molar-refractivity contribution < 1.29 is 9.90 Å². The Morgan fingerprint density at radius 2 is 2.27 bits per heavy atom. The molecule has 11 heavy (non-hydrogen) atoms. The molecule has 0 saturated heterocycles. The molecule has 0 aromatic heterocycles. The molecule has 62 valence electrons. The molecule has 1 fully saturated rings. The van der Waals surface area contributed by atoms with Crippen LogP contribution in [-0.4, -0.2) is 11.1 Å². The van der Waals surface area contributed by atoms with Crippen molar-refractivity contribution in [3.05, 3.63) is 12.2 Å². The Labute approximate surface area is 66.9 Å². The first-order valence-electron chi connectivity index (χ1n) is 3.87. The van der Waals surface area contributed by atoms with Crippen molar-refractivity contribution in [3.63, 3.8) is 0 Å². The first-order chi connectivity index (χ1) is 4.98. The summed E-state index contributed by atoms with van der Waals surface area (Å²) >= 11 is 0. The maximum absolute atomic E-state index is 10.8. The standard InChI is InChI=1S/C9H14O2/c1-6(2)7-4-5-9(7,3)8(10)11/h7H,1,4-5H2,2-3H3,(H,10,11)/t7-,9+/m0/s1. The van der Waals surface area contributed by atoms with Gasteiger partial charge in [0.2, 0.25) is 0 Å². The molecule has 0 radical (unpaired) electrons. The summed E-state index contributed by atoms with van der Waals surface area (Å²) in [6, 6.07) is 0. The predicted octanol–water partition coefficient (Wildman–Crippen LogP) is 2.06. The van der Waals surface area contributed by atoms with Crippen LogP contribution in [-0.2, 0) is 4.79 Å². The van der Waals surface area contributed by atoms with Gasteiger partial charge in [-0.1, -0.05) is 12.2 Å². The van der Waals surface area contributed by atoms with Gasteiger partial charge >= 0.3 is 5.97 Å². The zero-order chi connectivity index (χ0) is 8.65. The van der Waals surface area contributed by atoms with Crippen LogP contribution in [0, 0.1) is 11.3 Å². The van der Waals surface area contributed by atoms with E-state index in [1.165, 1.54) is 0 Å². The van der Waals surface area contributed by atoms with Crippen LogP contribution in [0.15, 0.2) is 12.2 Å². The minimum absolute atomic E-state index is 0.194. The molecule has 1 aliphatic rings. The van der Waals surface area contributed by atoms with Gasteiger partial charge in [0, 0.05) is 0 Å².